The van der Waals surface area contributed by atoms with Gasteiger partial charge in [-0.3, -0.25) is 0 Å². The molecule has 1 heterocycles. The number of rotatable bonds is 7. The minimum atomic E-state index is -4.94. The van der Waals surface area contributed by atoms with Gasteiger partial charge < -0.3 is 9.30 Å². The molecule has 0 spiro atoms. The first-order valence-corrected chi connectivity index (χ1v) is 8.14. The summed E-state index contributed by atoms with van der Waals surface area (Å²) in [6.07, 6.45) is -4.35. The van der Waals surface area contributed by atoms with Crippen LogP contribution in [0.4, 0.5) is 22.0 Å². The number of aromatic nitrogens is 1. The number of esters is 1. The standard InChI is InChI=1S/C12H15F5N2O4S/c1-3-23-11(20)10-9(14)8(6-19(10)5-4-13)24(21,22)18-7(2)12(15,16)17/h6-7,18H,3-5H2,1-2H3/t7-/m1/s1. The van der Waals surface area contributed by atoms with Crippen LogP contribution in [0.15, 0.2) is 11.1 Å². The maximum Gasteiger partial charge on any atom is 0.404 e. The minimum absolute atomic E-state index is 0.162. The van der Waals surface area contributed by atoms with Crippen molar-refractivity contribution in [3.8, 4) is 0 Å². The molecule has 0 saturated carbocycles. The fourth-order valence-corrected chi connectivity index (χ4v) is 3.05. The van der Waals surface area contributed by atoms with Crippen LogP contribution in [0.1, 0.15) is 24.3 Å². The van der Waals surface area contributed by atoms with Crippen LogP contribution in [0.25, 0.3) is 0 Å². The Hall–Kier alpha value is -1.69. The molecule has 6 nitrogen and oxygen atoms in total. The van der Waals surface area contributed by atoms with Crippen molar-refractivity contribution in [2.75, 3.05) is 13.3 Å². The van der Waals surface area contributed by atoms with Crippen molar-refractivity contribution in [1.82, 2.24) is 9.29 Å². The number of nitrogens with zero attached hydrogens (tertiary/aromatic N) is 1. The van der Waals surface area contributed by atoms with Crippen LogP contribution in [0, 0.1) is 5.82 Å². The molecule has 1 N–H and O–H groups in total. The van der Waals surface area contributed by atoms with Gasteiger partial charge in [0.25, 0.3) is 0 Å². The molecule has 24 heavy (non-hydrogen) atoms. The van der Waals surface area contributed by atoms with E-state index in [0.29, 0.717) is 17.7 Å². The molecule has 138 valence electrons. The Kier molecular flexibility index (Phi) is 6.33. The molecule has 1 aromatic heterocycles. The van der Waals surface area contributed by atoms with Gasteiger partial charge in [0.05, 0.1) is 13.2 Å². The first-order chi connectivity index (χ1) is 11.0. The molecule has 0 unspecified atom stereocenters. The molecule has 0 saturated heterocycles. The lowest BCUT2D eigenvalue weighted by Gasteiger charge is -2.16. The molecule has 1 atom stereocenters. The van der Waals surface area contributed by atoms with Crippen LogP contribution in [-0.2, 0) is 21.3 Å². The molecule has 1 rings (SSSR count). The second-order valence-electron chi connectivity index (χ2n) is 4.64. The lowest BCUT2D eigenvalue weighted by atomic mass is 10.4. The van der Waals surface area contributed by atoms with Gasteiger partial charge in [0.1, 0.15) is 17.6 Å². The summed E-state index contributed by atoms with van der Waals surface area (Å²) in [6.45, 7) is 0.134. The van der Waals surface area contributed by atoms with Gasteiger partial charge in [0.2, 0.25) is 10.0 Å². The summed E-state index contributed by atoms with van der Waals surface area (Å²) in [6, 6.07) is -2.49. The van der Waals surface area contributed by atoms with Crippen molar-refractivity contribution in [3.05, 3.63) is 17.7 Å². The van der Waals surface area contributed by atoms with Crippen LogP contribution in [0.5, 0.6) is 0 Å². The normalized spacial score (nSPS) is 13.8. The van der Waals surface area contributed by atoms with E-state index in [4.69, 9.17) is 0 Å². The average Bonchev–Trinajstić information content (AvgIpc) is 2.75. The van der Waals surface area contributed by atoms with Crippen molar-refractivity contribution < 1.29 is 39.9 Å². The minimum Gasteiger partial charge on any atom is -0.461 e. The van der Waals surface area contributed by atoms with E-state index in [-0.39, 0.29) is 6.61 Å². The molecule has 0 bridgehead atoms. The van der Waals surface area contributed by atoms with E-state index < -0.39 is 57.8 Å². The largest absolute Gasteiger partial charge is 0.461 e. The third kappa shape index (κ3) is 4.44. The number of nitrogens with one attached hydrogen (secondary N) is 1. The van der Waals surface area contributed by atoms with Crippen LogP contribution in [-0.4, -0.2) is 44.5 Å². The van der Waals surface area contributed by atoms with E-state index >= 15 is 0 Å². The first kappa shape index (κ1) is 20.4. The van der Waals surface area contributed by atoms with Crippen molar-refractivity contribution in [2.45, 2.75) is 37.5 Å². The fourth-order valence-electron chi connectivity index (χ4n) is 1.73. The van der Waals surface area contributed by atoms with Crippen LogP contribution < -0.4 is 4.72 Å². The van der Waals surface area contributed by atoms with E-state index in [9.17, 15) is 35.2 Å². The first-order valence-electron chi connectivity index (χ1n) is 6.66. The fraction of sp³-hybridized carbons (Fsp3) is 0.583. The van der Waals surface area contributed by atoms with Gasteiger partial charge >= 0.3 is 12.1 Å². The monoisotopic (exact) mass is 378 g/mol. The Morgan fingerprint density at radius 1 is 1.42 bits per heavy atom. The van der Waals surface area contributed by atoms with Gasteiger partial charge in [0, 0.05) is 6.20 Å². The number of aryl methyl sites for hydroxylation is 1. The third-order valence-electron chi connectivity index (χ3n) is 2.89. The van der Waals surface area contributed by atoms with Gasteiger partial charge in [-0.05, 0) is 13.8 Å². The number of hydrogen-bond donors (Lipinski definition) is 1. The van der Waals surface area contributed by atoms with Crippen molar-refractivity contribution in [1.29, 1.82) is 0 Å². The third-order valence-corrected chi connectivity index (χ3v) is 4.42. The Bertz CT molecular complexity index is 699. The van der Waals surface area contributed by atoms with E-state index in [2.05, 4.69) is 4.74 Å². The molecule has 0 aliphatic heterocycles. The summed E-state index contributed by atoms with van der Waals surface area (Å²) in [7, 11) is -4.94. The Labute approximate surface area is 134 Å². The summed E-state index contributed by atoms with van der Waals surface area (Å²) >= 11 is 0. The molecule has 1 aromatic rings. The highest BCUT2D eigenvalue weighted by Gasteiger charge is 2.40. The van der Waals surface area contributed by atoms with Crippen LogP contribution >= 0.6 is 0 Å². The van der Waals surface area contributed by atoms with E-state index in [1.54, 1.807) is 0 Å². The van der Waals surface area contributed by atoms with Crippen LogP contribution in [0.2, 0.25) is 0 Å². The molecule has 0 fully saturated rings. The van der Waals surface area contributed by atoms with Crippen molar-refractivity contribution in [3.63, 3.8) is 0 Å². The smallest absolute Gasteiger partial charge is 0.404 e. The maximum absolute atomic E-state index is 14.3. The molecule has 0 aliphatic carbocycles. The Balaban J connectivity index is 3.34. The molecule has 12 heteroatoms. The zero-order valence-electron chi connectivity index (χ0n) is 12.7. The van der Waals surface area contributed by atoms with E-state index in [1.807, 2.05) is 0 Å². The second-order valence-corrected chi connectivity index (χ2v) is 6.33. The van der Waals surface area contributed by atoms with E-state index in [0.717, 1.165) is 0 Å². The highest BCUT2D eigenvalue weighted by Crippen LogP contribution is 2.25. The van der Waals surface area contributed by atoms with Gasteiger partial charge in [-0.25, -0.2) is 22.0 Å². The lowest BCUT2D eigenvalue weighted by molar-refractivity contribution is -0.147. The summed E-state index contributed by atoms with van der Waals surface area (Å²) in [5.41, 5.74) is -0.880. The predicted molar refractivity (Wildman–Crippen MR) is 72.2 cm³/mol. The molecule has 0 aromatic carbocycles. The number of ether oxygens (including phenoxy) is 1. The summed E-state index contributed by atoms with van der Waals surface area (Å²) < 4.78 is 94.6. The average molecular weight is 378 g/mol. The Morgan fingerprint density at radius 2 is 2.00 bits per heavy atom. The van der Waals surface area contributed by atoms with Crippen LogP contribution in [0.3, 0.4) is 0 Å². The number of carbonyl (C=O) groups is 1. The topological polar surface area (TPSA) is 77.4 Å². The second kappa shape index (κ2) is 7.47. The number of carbonyl (C=O) groups excluding carboxylic acids is 1. The summed E-state index contributed by atoms with van der Waals surface area (Å²) in [5, 5.41) is 0. The van der Waals surface area contributed by atoms with Gasteiger partial charge in [0.15, 0.2) is 11.5 Å². The molecule has 0 aliphatic rings. The Morgan fingerprint density at radius 3 is 2.46 bits per heavy atom. The SMILES string of the molecule is CCOC(=O)c1c(F)c(S(=O)(=O)N[C@H](C)C(F)(F)F)cn1CCF. The van der Waals surface area contributed by atoms with Gasteiger partial charge in [-0.1, -0.05) is 0 Å². The summed E-state index contributed by atoms with van der Waals surface area (Å²) in [4.78, 5) is 10.5. The van der Waals surface area contributed by atoms with Gasteiger partial charge in [-0.2, -0.15) is 17.9 Å². The molecular weight excluding hydrogens is 363 g/mol. The zero-order chi connectivity index (χ0) is 18.7. The number of halogens is 5. The maximum atomic E-state index is 14.3. The van der Waals surface area contributed by atoms with Crippen molar-refractivity contribution in [2.24, 2.45) is 0 Å². The molecular formula is C12H15F5N2O4S. The van der Waals surface area contributed by atoms with E-state index in [1.165, 1.54) is 11.6 Å². The number of alkyl halides is 4. The number of sulfonamides is 1. The zero-order valence-corrected chi connectivity index (χ0v) is 13.5. The summed E-state index contributed by atoms with van der Waals surface area (Å²) in [5.74, 6) is -2.86. The van der Waals surface area contributed by atoms with Crippen molar-refractivity contribution >= 4 is 16.0 Å². The predicted octanol–water partition coefficient (Wildman–Crippen LogP) is 2.00. The number of hydrogen-bond acceptors (Lipinski definition) is 4. The lowest BCUT2D eigenvalue weighted by Crippen LogP contribution is -2.43. The highest BCUT2D eigenvalue weighted by atomic mass is 32.2. The highest BCUT2D eigenvalue weighted by molar-refractivity contribution is 7.89. The molecule has 0 radical (unpaired) electrons. The quantitative estimate of drug-likeness (QED) is 0.582. The molecule has 0 amide bonds. The van der Waals surface area contributed by atoms with Gasteiger partial charge in [-0.15, -0.1) is 0 Å².